The quantitative estimate of drug-likeness (QED) is 0.512. The molecule has 1 saturated heterocycles. The largest absolute Gasteiger partial charge is 0.381 e. The van der Waals surface area contributed by atoms with Gasteiger partial charge in [-0.3, -0.25) is 14.5 Å². The van der Waals surface area contributed by atoms with Gasteiger partial charge in [0.15, 0.2) is 0 Å². The summed E-state index contributed by atoms with van der Waals surface area (Å²) in [7, 11) is 0. The number of nitrogens with one attached hydrogen (secondary N) is 2. The molecule has 178 valence electrons. The smallest absolute Gasteiger partial charge is 0.238 e. The Hall–Kier alpha value is -2.12. The molecule has 33 heavy (non-hydrogen) atoms. The summed E-state index contributed by atoms with van der Waals surface area (Å²) < 4.78 is 5.57. The molecule has 2 N–H and O–H groups in total. The highest BCUT2D eigenvalue weighted by molar-refractivity contribution is 6.36. The molecule has 0 aromatic heterocycles. The number of carbonyl (C=O) groups excluding carboxylic acids is 2. The Labute approximate surface area is 205 Å². The van der Waals surface area contributed by atoms with Crippen LogP contribution in [0.5, 0.6) is 0 Å². The van der Waals surface area contributed by atoms with E-state index in [0.29, 0.717) is 42.0 Å². The van der Waals surface area contributed by atoms with Gasteiger partial charge in [-0.05, 0) is 49.6 Å². The van der Waals surface area contributed by atoms with Gasteiger partial charge in [-0.2, -0.15) is 0 Å². The molecule has 2 amide bonds. The van der Waals surface area contributed by atoms with Crippen LogP contribution in [0.4, 0.5) is 5.69 Å². The topological polar surface area (TPSA) is 70.7 Å². The third kappa shape index (κ3) is 7.44. The summed E-state index contributed by atoms with van der Waals surface area (Å²) in [6.45, 7) is 4.80. The van der Waals surface area contributed by atoms with Gasteiger partial charge in [-0.15, -0.1) is 0 Å². The van der Waals surface area contributed by atoms with Gasteiger partial charge in [0, 0.05) is 30.2 Å². The van der Waals surface area contributed by atoms with Gasteiger partial charge in [0.25, 0.3) is 0 Å². The Balaban J connectivity index is 1.57. The lowest BCUT2D eigenvalue weighted by atomic mass is 9.74. The highest BCUT2D eigenvalue weighted by Crippen LogP contribution is 2.34. The molecule has 1 aliphatic rings. The molecule has 0 radical (unpaired) electrons. The van der Waals surface area contributed by atoms with Crippen molar-refractivity contribution in [2.24, 2.45) is 0 Å². The molecule has 0 aliphatic carbocycles. The van der Waals surface area contributed by atoms with Gasteiger partial charge in [-0.25, -0.2) is 0 Å². The fourth-order valence-electron chi connectivity index (χ4n) is 4.16. The Bertz CT molecular complexity index is 934. The molecule has 2 aromatic rings. The fourth-order valence-corrected chi connectivity index (χ4v) is 4.62. The standard InChI is InChI=1S/C25H31Cl2N3O3/c1-2-12-30(17-24(32)29-22-9-8-20(26)15-21(22)27)16-23(31)28-18-25(10-13-33-14-11-25)19-6-4-3-5-7-19/h3-9,15H,2,10-14,16-18H2,1H3,(H,28,31)(H,29,32). The predicted octanol–water partition coefficient (Wildman–Crippen LogP) is 4.51. The van der Waals surface area contributed by atoms with Gasteiger partial charge in [0.2, 0.25) is 11.8 Å². The average molecular weight is 492 g/mol. The summed E-state index contributed by atoms with van der Waals surface area (Å²) >= 11 is 12.1. The molecule has 1 aliphatic heterocycles. The van der Waals surface area contributed by atoms with Crippen LogP contribution in [-0.2, 0) is 19.7 Å². The van der Waals surface area contributed by atoms with Crippen LogP contribution in [0.2, 0.25) is 10.0 Å². The van der Waals surface area contributed by atoms with Crippen molar-refractivity contribution in [2.45, 2.75) is 31.6 Å². The summed E-state index contributed by atoms with van der Waals surface area (Å²) in [4.78, 5) is 27.2. The maximum absolute atomic E-state index is 12.8. The van der Waals surface area contributed by atoms with E-state index in [1.54, 1.807) is 18.2 Å². The maximum Gasteiger partial charge on any atom is 0.238 e. The summed E-state index contributed by atoms with van der Waals surface area (Å²) in [5.41, 5.74) is 1.59. The van der Waals surface area contributed by atoms with E-state index in [1.807, 2.05) is 30.0 Å². The van der Waals surface area contributed by atoms with E-state index in [9.17, 15) is 9.59 Å². The first kappa shape index (κ1) is 25.5. The summed E-state index contributed by atoms with van der Waals surface area (Å²) in [5.74, 6) is -0.326. The van der Waals surface area contributed by atoms with Crippen molar-refractivity contribution in [2.75, 3.05) is 44.7 Å². The third-order valence-corrected chi connectivity index (χ3v) is 6.49. The number of hydrogen-bond acceptors (Lipinski definition) is 4. The number of hydrogen-bond donors (Lipinski definition) is 2. The van der Waals surface area contributed by atoms with Crippen molar-refractivity contribution in [1.82, 2.24) is 10.2 Å². The molecule has 0 unspecified atom stereocenters. The Morgan fingerprint density at radius 3 is 2.39 bits per heavy atom. The highest BCUT2D eigenvalue weighted by atomic mass is 35.5. The molecule has 0 saturated carbocycles. The summed E-state index contributed by atoms with van der Waals surface area (Å²) in [6, 6.07) is 15.2. The minimum atomic E-state index is -0.231. The second-order valence-corrected chi connectivity index (χ2v) is 9.26. The predicted molar refractivity (Wildman–Crippen MR) is 133 cm³/mol. The first-order valence-corrected chi connectivity index (χ1v) is 12.0. The number of anilines is 1. The fraction of sp³-hybridized carbons (Fsp3) is 0.440. The lowest BCUT2D eigenvalue weighted by Crippen LogP contribution is -2.48. The van der Waals surface area contributed by atoms with E-state index in [1.165, 1.54) is 5.56 Å². The SMILES string of the molecule is CCCN(CC(=O)NCC1(c2ccccc2)CCOCC1)CC(=O)Nc1ccc(Cl)cc1Cl. The van der Waals surface area contributed by atoms with Gasteiger partial charge in [0.1, 0.15) is 0 Å². The van der Waals surface area contributed by atoms with Gasteiger partial charge >= 0.3 is 0 Å². The lowest BCUT2D eigenvalue weighted by Gasteiger charge is -2.38. The van der Waals surface area contributed by atoms with Crippen molar-refractivity contribution < 1.29 is 14.3 Å². The van der Waals surface area contributed by atoms with E-state index >= 15 is 0 Å². The summed E-state index contributed by atoms with van der Waals surface area (Å²) in [5, 5.41) is 6.78. The first-order chi connectivity index (χ1) is 15.9. The van der Waals surface area contributed by atoms with Crippen LogP contribution in [0, 0.1) is 0 Å². The van der Waals surface area contributed by atoms with Crippen molar-refractivity contribution in [3.8, 4) is 0 Å². The Morgan fingerprint density at radius 1 is 1.03 bits per heavy atom. The molecule has 1 heterocycles. The Morgan fingerprint density at radius 2 is 1.73 bits per heavy atom. The van der Waals surface area contributed by atoms with E-state index in [4.69, 9.17) is 27.9 Å². The van der Waals surface area contributed by atoms with Crippen LogP contribution >= 0.6 is 23.2 Å². The number of benzene rings is 2. The van der Waals surface area contributed by atoms with E-state index in [2.05, 4.69) is 22.8 Å². The van der Waals surface area contributed by atoms with E-state index < -0.39 is 0 Å². The molecular weight excluding hydrogens is 461 g/mol. The molecule has 6 nitrogen and oxygen atoms in total. The highest BCUT2D eigenvalue weighted by Gasteiger charge is 2.34. The van der Waals surface area contributed by atoms with Crippen molar-refractivity contribution in [3.05, 3.63) is 64.1 Å². The minimum absolute atomic E-state index is 0.0948. The van der Waals surface area contributed by atoms with Crippen LogP contribution in [0.15, 0.2) is 48.5 Å². The van der Waals surface area contributed by atoms with Gasteiger partial charge in [-0.1, -0.05) is 60.5 Å². The first-order valence-electron chi connectivity index (χ1n) is 11.3. The van der Waals surface area contributed by atoms with Crippen LogP contribution in [-0.4, -0.2) is 56.1 Å². The second kappa shape index (κ2) is 12.4. The number of rotatable bonds is 10. The molecule has 0 bridgehead atoms. The number of amides is 2. The number of carbonyl (C=O) groups is 2. The minimum Gasteiger partial charge on any atom is -0.381 e. The maximum atomic E-state index is 12.8. The van der Waals surface area contributed by atoms with Crippen LogP contribution < -0.4 is 10.6 Å². The molecule has 8 heteroatoms. The molecule has 1 fully saturated rings. The van der Waals surface area contributed by atoms with Crippen molar-refractivity contribution in [1.29, 1.82) is 0 Å². The second-order valence-electron chi connectivity index (χ2n) is 8.42. The Kier molecular flexibility index (Phi) is 9.56. The zero-order chi connectivity index (χ0) is 23.7. The number of halogens is 2. The lowest BCUT2D eigenvalue weighted by molar-refractivity contribution is -0.123. The normalized spacial score (nSPS) is 15.3. The molecule has 0 atom stereocenters. The zero-order valence-electron chi connectivity index (χ0n) is 18.9. The van der Waals surface area contributed by atoms with Crippen molar-refractivity contribution >= 4 is 40.7 Å². The van der Waals surface area contributed by atoms with E-state index in [-0.39, 0.29) is 30.3 Å². The van der Waals surface area contributed by atoms with Crippen molar-refractivity contribution in [3.63, 3.8) is 0 Å². The van der Waals surface area contributed by atoms with Gasteiger partial charge < -0.3 is 15.4 Å². The van der Waals surface area contributed by atoms with Crippen LogP contribution in [0.25, 0.3) is 0 Å². The van der Waals surface area contributed by atoms with Crippen LogP contribution in [0.1, 0.15) is 31.7 Å². The van der Waals surface area contributed by atoms with Crippen LogP contribution in [0.3, 0.4) is 0 Å². The van der Waals surface area contributed by atoms with Gasteiger partial charge in [0.05, 0.1) is 23.8 Å². The molecule has 2 aromatic carbocycles. The summed E-state index contributed by atoms with van der Waals surface area (Å²) in [6.07, 6.45) is 2.55. The van der Waals surface area contributed by atoms with E-state index in [0.717, 1.165) is 19.3 Å². The third-order valence-electron chi connectivity index (χ3n) is 5.94. The molecule has 0 spiro atoms. The number of nitrogens with zero attached hydrogens (tertiary/aromatic N) is 1. The monoisotopic (exact) mass is 491 g/mol. The zero-order valence-corrected chi connectivity index (χ0v) is 20.4. The molecule has 3 rings (SSSR count). The average Bonchev–Trinajstić information content (AvgIpc) is 2.81. The number of ether oxygens (including phenoxy) is 1. The molecular formula is C25H31Cl2N3O3.